The molecule has 0 fully saturated rings. The van der Waals surface area contributed by atoms with Crippen LogP contribution in [0.15, 0.2) is 57.4 Å². The zero-order valence-corrected chi connectivity index (χ0v) is 24.5. The van der Waals surface area contributed by atoms with Crippen LogP contribution in [-0.2, 0) is 9.05 Å². The van der Waals surface area contributed by atoms with Crippen LogP contribution in [-0.4, -0.2) is 6.10 Å². The molecule has 0 amide bonds. The third-order valence-electron chi connectivity index (χ3n) is 6.80. The highest BCUT2D eigenvalue weighted by Crippen LogP contribution is 2.58. The molecule has 0 bridgehead atoms. The fraction of sp³-hybridized carbons (Fsp3) is 0.655. The molecule has 184 valence electrons. The minimum Gasteiger partial charge on any atom is -0.439 e. The Balaban J connectivity index is 2.41. The second kappa shape index (κ2) is 8.69. The van der Waals surface area contributed by atoms with Gasteiger partial charge in [-0.2, -0.15) is 0 Å². The first kappa shape index (κ1) is 26.8. The normalized spacial score (nSPS) is 27.5. The predicted octanol–water partition coefficient (Wildman–Crippen LogP) is 10.2. The van der Waals surface area contributed by atoms with E-state index in [2.05, 4.69) is 101 Å². The maximum atomic E-state index is 6.81. The van der Waals surface area contributed by atoms with E-state index < -0.39 is 7.73 Å². The minimum absolute atomic E-state index is 0.0391. The van der Waals surface area contributed by atoms with Crippen molar-refractivity contribution in [2.75, 3.05) is 0 Å². The van der Waals surface area contributed by atoms with Crippen LogP contribution in [0.5, 0.6) is 0 Å². The summed E-state index contributed by atoms with van der Waals surface area (Å²) in [4.78, 5) is 0. The molecular weight excluding hydrogens is 447 g/mol. The highest BCUT2D eigenvalue weighted by molar-refractivity contribution is 7.76. The lowest BCUT2D eigenvalue weighted by molar-refractivity contribution is 0.212. The van der Waals surface area contributed by atoms with Gasteiger partial charge in [0.15, 0.2) is 0 Å². The van der Waals surface area contributed by atoms with Gasteiger partial charge in [-0.25, -0.2) is 0 Å². The van der Waals surface area contributed by atoms with Crippen LogP contribution in [0.3, 0.4) is 0 Å². The van der Waals surface area contributed by atoms with Gasteiger partial charge in [-0.3, -0.25) is 4.52 Å². The molecule has 0 saturated heterocycles. The Morgan fingerprint density at radius 2 is 1.36 bits per heavy atom. The maximum Gasteiger partial charge on any atom is 0.339 e. The maximum absolute atomic E-state index is 6.81. The van der Waals surface area contributed by atoms with Crippen LogP contribution < -0.4 is 0 Å². The molecule has 0 N–H and O–H groups in total. The second-order valence-corrected chi connectivity index (χ2v) is 15.5. The second-order valence-electron chi connectivity index (χ2n) is 13.8. The molecule has 2 aliphatic carbocycles. The third kappa shape index (κ3) is 5.71. The van der Waals surface area contributed by atoms with Gasteiger partial charge in [-0.05, 0) is 62.6 Å². The molecule has 0 saturated carbocycles. The van der Waals surface area contributed by atoms with Crippen molar-refractivity contribution in [1.82, 2.24) is 0 Å². The lowest BCUT2D eigenvalue weighted by Crippen LogP contribution is -2.32. The van der Waals surface area contributed by atoms with Crippen LogP contribution in [0.4, 0.5) is 0 Å². The lowest BCUT2D eigenvalue weighted by atomic mass is 9.69. The molecule has 2 nitrogen and oxygen atoms in total. The van der Waals surface area contributed by atoms with Gasteiger partial charge in [0.25, 0.3) is 0 Å². The lowest BCUT2D eigenvalue weighted by Gasteiger charge is -2.41. The summed E-state index contributed by atoms with van der Waals surface area (Å²) in [5, 5.41) is 0. The van der Waals surface area contributed by atoms with E-state index in [1.165, 1.54) is 33.4 Å². The number of fused-ring (bicyclic) bond motifs is 2. The fourth-order valence-electron chi connectivity index (χ4n) is 4.69. The largest absolute Gasteiger partial charge is 0.439 e. The number of halogens is 1. The summed E-state index contributed by atoms with van der Waals surface area (Å²) in [6.45, 7) is 27.2. The molecule has 0 radical (unpaired) electrons. The summed E-state index contributed by atoms with van der Waals surface area (Å²) < 4.78 is 13.0. The van der Waals surface area contributed by atoms with Gasteiger partial charge in [0.05, 0.1) is 0 Å². The van der Waals surface area contributed by atoms with Crippen molar-refractivity contribution in [1.29, 1.82) is 0 Å². The Labute approximate surface area is 208 Å². The average molecular weight is 491 g/mol. The summed E-state index contributed by atoms with van der Waals surface area (Å²) in [7, 11) is -1.59. The van der Waals surface area contributed by atoms with E-state index in [1.807, 2.05) is 0 Å². The summed E-state index contributed by atoms with van der Waals surface area (Å²) in [6.07, 6.45) is 8.99. The van der Waals surface area contributed by atoms with Crippen LogP contribution in [0.2, 0.25) is 0 Å². The molecule has 2 atom stereocenters. The van der Waals surface area contributed by atoms with Gasteiger partial charge >= 0.3 is 7.73 Å². The Bertz CT molecular complexity index is 963. The van der Waals surface area contributed by atoms with Crippen molar-refractivity contribution in [2.45, 2.75) is 102 Å². The molecular formula is C29H44ClO2P. The zero-order valence-electron chi connectivity index (χ0n) is 22.9. The zero-order chi connectivity index (χ0) is 25.1. The molecule has 0 spiro atoms. The number of allylic oxidation sites excluding steroid dienone is 7. The number of hydrogen-bond acceptors (Lipinski definition) is 2. The van der Waals surface area contributed by atoms with E-state index in [4.69, 9.17) is 20.3 Å². The van der Waals surface area contributed by atoms with E-state index in [1.54, 1.807) is 0 Å². The molecule has 3 aliphatic rings. The summed E-state index contributed by atoms with van der Waals surface area (Å²) in [5.74, 6) is 0.948. The third-order valence-corrected chi connectivity index (χ3v) is 7.94. The first-order chi connectivity index (χ1) is 14.8. The first-order valence-electron chi connectivity index (χ1n) is 12.2. The van der Waals surface area contributed by atoms with Gasteiger partial charge in [-0.1, -0.05) is 107 Å². The summed E-state index contributed by atoms with van der Waals surface area (Å²) in [5.41, 5.74) is 7.85. The Hall–Kier alpha value is -0.820. The molecule has 0 aromatic heterocycles. The van der Waals surface area contributed by atoms with Crippen molar-refractivity contribution in [3.05, 3.63) is 57.4 Å². The number of rotatable bonds is 0. The van der Waals surface area contributed by atoms with Gasteiger partial charge in [0, 0.05) is 11.0 Å². The smallest absolute Gasteiger partial charge is 0.339 e. The SMILES string of the molecule is CC(C)(C)C1=C/C2=C3\CCC(C(C)(C)C)=CC3=C(C(C)(C)C)OP(Cl)OC2C(C(C)(C)C)=C1. The monoisotopic (exact) mass is 490 g/mol. The highest BCUT2D eigenvalue weighted by atomic mass is 35.7. The summed E-state index contributed by atoms with van der Waals surface area (Å²) >= 11 is 6.81. The van der Waals surface area contributed by atoms with E-state index >= 15 is 0 Å². The van der Waals surface area contributed by atoms with Gasteiger partial charge in [0.2, 0.25) is 0 Å². The average Bonchev–Trinajstić information content (AvgIpc) is 2.61. The molecule has 33 heavy (non-hydrogen) atoms. The van der Waals surface area contributed by atoms with Crippen LogP contribution >= 0.6 is 19.0 Å². The molecule has 0 aromatic rings. The molecule has 2 unspecified atom stereocenters. The van der Waals surface area contributed by atoms with E-state index in [9.17, 15) is 0 Å². The first-order valence-corrected chi connectivity index (χ1v) is 14.3. The Morgan fingerprint density at radius 3 is 1.85 bits per heavy atom. The van der Waals surface area contributed by atoms with Gasteiger partial charge in [-0.15, -0.1) is 0 Å². The Kier molecular flexibility index (Phi) is 7.05. The molecule has 3 rings (SSSR count). The van der Waals surface area contributed by atoms with Crippen molar-refractivity contribution < 1.29 is 9.05 Å². The van der Waals surface area contributed by atoms with Crippen LogP contribution in [0.1, 0.15) is 95.9 Å². The molecule has 0 aromatic carbocycles. The van der Waals surface area contributed by atoms with Crippen molar-refractivity contribution in [3.8, 4) is 0 Å². The van der Waals surface area contributed by atoms with Gasteiger partial charge in [0.1, 0.15) is 11.9 Å². The van der Waals surface area contributed by atoms with Crippen molar-refractivity contribution in [3.63, 3.8) is 0 Å². The fourth-order valence-corrected chi connectivity index (χ4v) is 6.08. The quantitative estimate of drug-likeness (QED) is 0.314. The molecule has 1 aliphatic heterocycles. The number of hydrogen-bond donors (Lipinski definition) is 0. The minimum atomic E-state index is -1.59. The Morgan fingerprint density at radius 1 is 0.758 bits per heavy atom. The standard InChI is InChI=1S/C29H44ClO2P/c1-26(2,3)18-13-14-20-21-16-19(27(4,5)6)17-23(28(7,8)9)24(21)31-33(30)32-25(22(20)15-18)29(10,11)12/h15-17,24H,13-14H2,1-12H3/b21-20-,25-22?. The van der Waals surface area contributed by atoms with Crippen LogP contribution in [0.25, 0.3) is 0 Å². The van der Waals surface area contributed by atoms with E-state index in [0.29, 0.717) is 0 Å². The predicted molar refractivity (Wildman–Crippen MR) is 144 cm³/mol. The molecule has 1 heterocycles. The molecule has 4 heteroatoms. The van der Waals surface area contributed by atoms with Crippen LogP contribution in [0, 0.1) is 21.7 Å². The van der Waals surface area contributed by atoms with Crippen molar-refractivity contribution in [2.24, 2.45) is 21.7 Å². The highest BCUT2D eigenvalue weighted by Gasteiger charge is 2.41. The van der Waals surface area contributed by atoms with E-state index in [0.717, 1.165) is 18.6 Å². The summed E-state index contributed by atoms with van der Waals surface area (Å²) in [6, 6.07) is 0. The topological polar surface area (TPSA) is 18.5 Å². The van der Waals surface area contributed by atoms with Crippen molar-refractivity contribution >= 4 is 19.0 Å². The van der Waals surface area contributed by atoms with E-state index in [-0.39, 0.29) is 27.8 Å². The van der Waals surface area contributed by atoms with Gasteiger partial charge < -0.3 is 4.52 Å².